The Kier molecular flexibility index (Phi) is 4.24. The first-order valence-electron chi connectivity index (χ1n) is 6.13. The topological polar surface area (TPSA) is 52.6 Å². The molecule has 2 rings (SSSR count). The van der Waals surface area contributed by atoms with E-state index in [0.717, 1.165) is 24.8 Å². The van der Waals surface area contributed by atoms with E-state index in [-0.39, 0.29) is 13.2 Å². The molecule has 1 aliphatic rings. The van der Waals surface area contributed by atoms with Crippen LogP contribution in [0.4, 0.5) is 0 Å². The van der Waals surface area contributed by atoms with Gasteiger partial charge in [0.1, 0.15) is 19.0 Å². The molecule has 0 atom stereocenters. The lowest BCUT2D eigenvalue weighted by atomic mass is 9.92. The van der Waals surface area contributed by atoms with Crippen LogP contribution in [0.1, 0.15) is 24.0 Å². The van der Waals surface area contributed by atoms with Gasteiger partial charge in [0, 0.05) is 0 Å². The molecule has 0 aromatic heterocycles. The Morgan fingerprint density at radius 1 is 1.11 bits per heavy atom. The molecule has 0 unspecified atom stereocenters. The lowest BCUT2D eigenvalue weighted by molar-refractivity contribution is 0.222. The van der Waals surface area contributed by atoms with Gasteiger partial charge in [0.2, 0.25) is 0 Å². The summed E-state index contributed by atoms with van der Waals surface area (Å²) in [6.07, 6.45) is 5.77. The third-order valence-corrected chi connectivity index (χ3v) is 3.56. The van der Waals surface area contributed by atoms with Crippen molar-refractivity contribution in [3.8, 4) is 5.75 Å². The van der Waals surface area contributed by atoms with Gasteiger partial charge in [-0.25, -0.2) is 0 Å². The van der Waals surface area contributed by atoms with Crippen molar-refractivity contribution in [2.24, 2.45) is 0 Å². The number of hydrogen-bond donors (Lipinski definition) is 0. The summed E-state index contributed by atoms with van der Waals surface area (Å²) in [5.74, 6) is 0.785. The summed E-state index contributed by atoms with van der Waals surface area (Å²) < 4.78 is 31.6. The summed E-state index contributed by atoms with van der Waals surface area (Å²) in [5, 5.41) is 0. The summed E-state index contributed by atoms with van der Waals surface area (Å²) in [6, 6.07) is 6.08. The largest absolute Gasteiger partial charge is 0.491 e. The Morgan fingerprint density at radius 3 is 2.56 bits per heavy atom. The Labute approximate surface area is 108 Å². The molecule has 0 bridgehead atoms. The molecule has 5 heteroatoms. The molecule has 0 saturated heterocycles. The van der Waals surface area contributed by atoms with Gasteiger partial charge in [-0.15, -0.1) is 0 Å². The maximum atomic E-state index is 10.8. The molecule has 0 aliphatic heterocycles. The third kappa shape index (κ3) is 3.99. The lowest BCUT2D eigenvalue weighted by Gasteiger charge is -2.16. The van der Waals surface area contributed by atoms with Crippen LogP contribution in [0.15, 0.2) is 18.2 Å². The highest BCUT2D eigenvalue weighted by atomic mass is 32.2. The smallest absolute Gasteiger partial charge is 0.264 e. The highest BCUT2D eigenvalue weighted by Gasteiger charge is 2.10. The van der Waals surface area contributed by atoms with Crippen molar-refractivity contribution < 1.29 is 17.3 Å². The maximum Gasteiger partial charge on any atom is 0.264 e. The van der Waals surface area contributed by atoms with E-state index < -0.39 is 10.1 Å². The van der Waals surface area contributed by atoms with Crippen molar-refractivity contribution in [3.63, 3.8) is 0 Å². The van der Waals surface area contributed by atoms with Crippen molar-refractivity contribution in [2.75, 3.05) is 19.5 Å². The average molecular weight is 270 g/mol. The van der Waals surface area contributed by atoms with Crippen LogP contribution >= 0.6 is 0 Å². The van der Waals surface area contributed by atoms with E-state index in [1.165, 1.54) is 24.0 Å². The van der Waals surface area contributed by atoms with E-state index in [4.69, 9.17) is 4.74 Å². The fourth-order valence-corrected chi connectivity index (χ4v) is 2.52. The number of fused-ring (bicyclic) bond motifs is 1. The molecule has 1 aliphatic carbocycles. The first-order chi connectivity index (χ1) is 8.54. The summed E-state index contributed by atoms with van der Waals surface area (Å²) in [6.45, 7) is 0.293. The van der Waals surface area contributed by atoms with Crippen LogP contribution in [0.3, 0.4) is 0 Å². The molecule has 4 nitrogen and oxygen atoms in total. The van der Waals surface area contributed by atoms with Crippen molar-refractivity contribution in [3.05, 3.63) is 29.3 Å². The van der Waals surface area contributed by atoms with Crippen LogP contribution in [0, 0.1) is 0 Å². The number of aryl methyl sites for hydroxylation is 2. The lowest BCUT2D eigenvalue weighted by Crippen LogP contribution is -2.11. The van der Waals surface area contributed by atoms with Gasteiger partial charge in [0.05, 0.1) is 6.26 Å². The summed E-state index contributed by atoms with van der Waals surface area (Å²) >= 11 is 0. The van der Waals surface area contributed by atoms with Crippen molar-refractivity contribution >= 4 is 10.1 Å². The van der Waals surface area contributed by atoms with E-state index in [1.807, 2.05) is 6.07 Å². The van der Waals surface area contributed by atoms with Gasteiger partial charge in [0.25, 0.3) is 10.1 Å². The fourth-order valence-electron chi connectivity index (χ4n) is 2.14. The predicted molar refractivity (Wildman–Crippen MR) is 69.4 cm³/mol. The van der Waals surface area contributed by atoms with E-state index >= 15 is 0 Å². The molecule has 100 valence electrons. The molecular formula is C13H18O4S. The maximum absolute atomic E-state index is 10.8. The minimum Gasteiger partial charge on any atom is -0.491 e. The minimum absolute atomic E-state index is 0.0515. The zero-order valence-electron chi connectivity index (χ0n) is 10.5. The second-order valence-electron chi connectivity index (χ2n) is 4.51. The molecule has 0 fully saturated rings. The predicted octanol–water partition coefficient (Wildman–Crippen LogP) is 1.92. The van der Waals surface area contributed by atoms with Crippen molar-refractivity contribution in [1.82, 2.24) is 0 Å². The minimum atomic E-state index is -3.37. The zero-order valence-corrected chi connectivity index (χ0v) is 11.3. The fraction of sp³-hybridized carbons (Fsp3) is 0.538. The SMILES string of the molecule is CS(=O)(=O)OCCOc1ccc2c(c1)CCCC2. The molecular weight excluding hydrogens is 252 g/mol. The molecule has 0 radical (unpaired) electrons. The second-order valence-corrected chi connectivity index (χ2v) is 6.16. The third-order valence-electron chi connectivity index (χ3n) is 2.97. The van der Waals surface area contributed by atoms with E-state index in [0.29, 0.717) is 0 Å². The Bertz CT molecular complexity index is 508. The van der Waals surface area contributed by atoms with Crippen molar-refractivity contribution in [2.45, 2.75) is 25.7 Å². The van der Waals surface area contributed by atoms with Gasteiger partial charge in [-0.3, -0.25) is 4.18 Å². The summed E-state index contributed by atoms with van der Waals surface area (Å²) in [4.78, 5) is 0. The summed E-state index contributed by atoms with van der Waals surface area (Å²) in [7, 11) is -3.37. The zero-order chi connectivity index (χ0) is 13.0. The van der Waals surface area contributed by atoms with Crippen LogP contribution in [0.25, 0.3) is 0 Å². The number of hydrogen-bond acceptors (Lipinski definition) is 4. The van der Waals surface area contributed by atoms with E-state index in [1.54, 1.807) is 0 Å². The summed E-state index contributed by atoms with van der Waals surface area (Å²) in [5.41, 5.74) is 2.75. The number of benzene rings is 1. The normalized spacial score (nSPS) is 15.2. The molecule has 0 N–H and O–H groups in total. The van der Waals surface area contributed by atoms with Crippen LogP contribution < -0.4 is 4.74 Å². The highest BCUT2D eigenvalue weighted by Crippen LogP contribution is 2.25. The van der Waals surface area contributed by atoms with Gasteiger partial charge in [-0.05, 0) is 48.9 Å². The van der Waals surface area contributed by atoms with E-state index in [2.05, 4.69) is 16.3 Å². The van der Waals surface area contributed by atoms with Gasteiger partial charge in [-0.2, -0.15) is 8.42 Å². The Balaban J connectivity index is 1.86. The van der Waals surface area contributed by atoms with Gasteiger partial charge in [-0.1, -0.05) is 6.07 Å². The molecule has 1 aromatic rings. The number of ether oxygens (including phenoxy) is 1. The van der Waals surface area contributed by atoms with E-state index in [9.17, 15) is 8.42 Å². The molecule has 0 heterocycles. The quantitative estimate of drug-likeness (QED) is 0.606. The molecule has 18 heavy (non-hydrogen) atoms. The molecule has 0 amide bonds. The Hall–Kier alpha value is -1.07. The standard InChI is InChI=1S/C13H18O4S/c1-18(14,15)17-9-8-16-13-7-6-11-4-2-3-5-12(11)10-13/h6-7,10H,2-5,8-9H2,1H3. The van der Waals surface area contributed by atoms with Gasteiger partial charge >= 0.3 is 0 Å². The van der Waals surface area contributed by atoms with Crippen LogP contribution in [-0.4, -0.2) is 27.9 Å². The number of rotatable bonds is 5. The monoisotopic (exact) mass is 270 g/mol. The van der Waals surface area contributed by atoms with Crippen molar-refractivity contribution in [1.29, 1.82) is 0 Å². The molecule has 1 aromatic carbocycles. The van der Waals surface area contributed by atoms with Crippen LogP contribution in [0.5, 0.6) is 5.75 Å². The average Bonchev–Trinajstić information content (AvgIpc) is 2.33. The first kappa shape index (κ1) is 13.4. The Morgan fingerprint density at radius 2 is 1.83 bits per heavy atom. The highest BCUT2D eigenvalue weighted by molar-refractivity contribution is 7.85. The van der Waals surface area contributed by atoms with Crippen LogP contribution in [-0.2, 0) is 27.1 Å². The molecule has 0 saturated carbocycles. The van der Waals surface area contributed by atoms with Crippen LogP contribution in [0.2, 0.25) is 0 Å². The second kappa shape index (κ2) is 5.71. The van der Waals surface area contributed by atoms with Gasteiger partial charge in [0.15, 0.2) is 0 Å². The first-order valence-corrected chi connectivity index (χ1v) is 7.95. The van der Waals surface area contributed by atoms with Gasteiger partial charge < -0.3 is 4.74 Å². The molecule has 0 spiro atoms.